The number of hydrogen-bond donors (Lipinski definition) is 2. The van der Waals surface area contributed by atoms with Crippen molar-refractivity contribution >= 4 is 28.3 Å². The van der Waals surface area contributed by atoms with Crippen LogP contribution in [0.25, 0.3) is 11.3 Å². The average Bonchev–Trinajstić information content (AvgIpc) is 3.13. The molecule has 31 heavy (non-hydrogen) atoms. The lowest BCUT2D eigenvalue weighted by Gasteiger charge is -2.21. The van der Waals surface area contributed by atoms with E-state index in [2.05, 4.69) is 21.7 Å². The lowest BCUT2D eigenvalue weighted by Crippen LogP contribution is -2.47. The minimum absolute atomic E-state index is 0.322. The van der Waals surface area contributed by atoms with Crippen molar-refractivity contribution < 1.29 is 18.4 Å². The number of nitrogens with one attached hydrogen (secondary N) is 2. The fraction of sp³-hybridized carbons (Fsp3) is 0.261. The Morgan fingerprint density at radius 2 is 1.74 bits per heavy atom. The summed E-state index contributed by atoms with van der Waals surface area (Å²) in [6.45, 7) is 7.46. The van der Waals surface area contributed by atoms with Crippen LogP contribution in [0.2, 0.25) is 0 Å². The highest BCUT2D eigenvalue weighted by Gasteiger charge is 2.28. The maximum absolute atomic E-state index is 13.9. The highest BCUT2D eigenvalue weighted by Crippen LogP contribution is 2.28. The van der Waals surface area contributed by atoms with E-state index in [1.807, 2.05) is 31.4 Å². The Balaban J connectivity index is 1.76. The van der Waals surface area contributed by atoms with E-state index in [1.54, 1.807) is 13.8 Å². The Hall–Kier alpha value is -3.13. The average molecular weight is 444 g/mol. The molecule has 2 N–H and O–H groups in total. The maximum Gasteiger partial charge on any atom is 0.257 e. The summed E-state index contributed by atoms with van der Waals surface area (Å²) < 4.78 is 27.8. The number of halogens is 2. The predicted molar refractivity (Wildman–Crippen MR) is 118 cm³/mol. The van der Waals surface area contributed by atoms with Gasteiger partial charge in [-0.1, -0.05) is 43.7 Å². The highest BCUT2D eigenvalue weighted by atomic mass is 32.1. The third-order valence-electron chi connectivity index (χ3n) is 4.82. The molecule has 2 amide bonds. The molecule has 1 heterocycles. The number of rotatable bonds is 6. The first kappa shape index (κ1) is 22.6. The van der Waals surface area contributed by atoms with Crippen molar-refractivity contribution in [2.75, 3.05) is 5.32 Å². The molecule has 0 aliphatic carbocycles. The van der Waals surface area contributed by atoms with Gasteiger partial charge in [-0.15, -0.1) is 11.3 Å². The predicted octanol–water partition coefficient (Wildman–Crippen LogP) is 5.10. The van der Waals surface area contributed by atoms with Crippen molar-refractivity contribution in [3.05, 3.63) is 70.1 Å². The molecule has 8 heteroatoms. The van der Waals surface area contributed by atoms with Gasteiger partial charge in [-0.2, -0.15) is 0 Å². The van der Waals surface area contributed by atoms with E-state index < -0.39 is 35.1 Å². The molecule has 0 radical (unpaired) electrons. The molecule has 3 rings (SSSR count). The summed E-state index contributed by atoms with van der Waals surface area (Å²) in [5.41, 5.74) is 3.20. The molecule has 162 valence electrons. The van der Waals surface area contributed by atoms with E-state index >= 15 is 0 Å². The van der Waals surface area contributed by atoms with Crippen molar-refractivity contribution in [1.82, 2.24) is 10.3 Å². The lowest BCUT2D eigenvalue weighted by molar-refractivity contribution is -0.118. The zero-order valence-corrected chi connectivity index (χ0v) is 18.4. The van der Waals surface area contributed by atoms with Crippen molar-refractivity contribution in [3.63, 3.8) is 0 Å². The van der Waals surface area contributed by atoms with Gasteiger partial charge < -0.3 is 10.6 Å². The number of anilines is 1. The van der Waals surface area contributed by atoms with Crippen molar-refractivity contribution in [3.8, 4) is 11.3 Å². The fourth-order valence-electron chi connectivity index (χ4n) is 3.20. The normalized spacial score (nSPS) is 12.0. The molecule has 1 aromatic heterocycles. The van der Waals surface area contributed by atoms with Gasteiger partial charge in [-0.25, -0.2) is 13.8 Å². The largest absolute Gasteiger partial charge is 0.340 e. The second-order valence-electron chi connectivity index (χ2n) is 7.64. The van der Waals surface area contributed by atoms with Gasteiger partial charge in [-0.3, -0.25) is 9.59 Å². The number of carbonyl (C=O) groups excluding carboxylic acids is 2. The summed E-state index contributed by atoms with van der Waals surface area (Å²) in [6, 6.07) is 8.18. The summed E-state index contributed by atoms with van der Waals surface area (Å²) in [6.07, 6.45) is 0. The van der Waals surface area contributed by atoms with Crippen LogP contribution < -0.4 is 10.6 Å². The number of aryl methyl sites for hydroxylation is 2. The van der Waals surface area contributed by atoms with Gasteiger partial charge >= 0.3 is 0 Å². The molecule has 3 aromatic rings. The number of carbonyl (C=O) groups is 2. The molecular formula is C23H23F2N3O2S. The van der Waals surface area contributed by atoms with Crippen LogP contribution in [0.4, 0.5) is 13.9 Å². The van der Waals surface area contributed by atoms with Crippen LogP contribution in [0.15, 0.2) is 41.8 Å². The summed E-state index contributed by atoms with van der Waals surface area (Å²) in [4.78, 5) is 29.7. The maximum atomic E-state index is 13.9. The van der Waals surface area contributed by atoms with Crippen LogP contribution in [0, 0.1) is 31.4 Å². The molecule has 2 aromatic carbocycles. The topological polar surface area (TPSA) is 71.1 Å². The van der Waals surface area contributed by atoms with Crippen LogP contribution in [0.5, 0.6) is 0 Å². The van der Waals surface area contributed by atoms with E-state index in [1.165, 1.54) is 17.4 Å². The number of thiazole rings is 1. The van der Waals surface area contributed by atoms with Crippen LogP contribution in [-0.4, -0.2) is 22.8 Å². The first-order chi connectivity index (χ1) is 14.7. The zero-order valence-electron chi connectivity index (χ0n) is 17.6. The van der Waals surface area contributed by atoms with E-state index in [0.717, 1.165) is 34.5 Å². The van der Waals surface area contributed by atoms with Crippen LogP contribution in [-0.2, 0) is 4.79 Å². The Morgan fingerprint density at radius 1 is 1.06 bits per heavy atom. The highest BCUT2D eigenvalue weighted by molar-refractivity contribution is 7.14. The first-order valence-corrected chi connectivity index (χ1v) is 10.6. The van der Waals surface area contributed by atoms with Crippen molar-refractivity contribution in [2.24, 2.45) is 5.92 Å². The molecular weight excluding hydrogens is 420 g/mol. The molecule has 0 fully saturated rings. The van der Waals surface area contributed by atoms with E-state index in [0.29, 0.717) is 5.13 Å². The van der Waals surface area contributed by atoms with E-state index in [9.17, 15) is 18.4 Å². The molecule has 0 aliphatic rings. The Labute approximate surface area is 183 Å². The molecule has 0 spiro atoms. The van der Waals surface area contributed by atoms with Gasteiger partial charge in [0.1, 0.15) is 23.2 Å². The Bertz CT molecular complexity index is 1110. The molecule has 0 saturated carbocycles. The SMILES string of the molecule is Cc1ccc(-c2csc(NC(=O)C(NC(=O)c3c(F)cccc3F)C(C)C)n2)c(C)c1. The molecule has 1 unspecified atom stereocenters. The van der Waals surface area contributed by atoms with Crippen LogP contribution >= 0.6 is 11.3 Å². The second kappa shape index (κ2) is 9.34. The third-order valence-corrected chi connectivity index (χ3v) is 5.58. The Kier molecular flexibility index (Phi) is 6.80. The van der Waals surface area contributed by atoms with Gasteiger partial charge in [0.25, 0.3) is 5.91 Å². The number of amides is 2. The lowest BCUT2D eigenvalue weighted by atomic mass is 10.0. The number of aromatic nitrogens is 1. The smallest absolute Gasteiger partial charge is 0.257 e. The zero-order chi connectivity index (χ0) is 22.7. The van der Waals surface area contributed by atoms with Gasteiger partial charge in [-0.05, 0) is 37.5 Å². The van der Waals surface area contributed by atoms with Crippen LogP contribution in [0.3, 0.4) is 0 Å². The van der Waals surface area contributed by atoms with Gasteiger partial charge in [0.2, 0.25) is 5.91 Å². The minimum atomic E-state index is -1.00. The molecule has 5 nitrogen and oxygen atoms in total. The quantitative estimate of drug-likeness (QED) is 0.557. The molecule has 1 atom stereocenters. The molecule has 0 saturated heterocycles. The number of benzene rings is 2. The van der Waals surface area contributed by atoms with Gasteiger partial charge in [0.15, 0.2) is 5.13 Å². The summed E-state index contributed by atoms with van der Waals surface area (Å²) in [5, 5.41) is 7.34. The number of nitrogens with zero attached hydrogens (tertiary/aromatic N) is 1. The van der Waals surface area contributed by atoms with Crippen molar-refractivity contribution in [1.29, 1.82) is 0 Å². The van der Waals surface area contributed by atoms with E-state index in [4.69, 9.17) is 0 Å². The third kappa shape index (κ3) is 5.14. The number of hydrogen-bond acceptors (Lipinski definition) is 4. The molecule has 0 aliphatic heterocycles. The fourth-order valence-corrected chi connectivity index (χ4v) is 3.92. The first-order valence-electron chi connectivity index (χ1n) is 9.76. The van der Waals surface area contributed by atoms with Gasteiger partial charge in [0, 0.05) is 10.9 Å². The minimum Gasteiger partial charge on any atom is -0.340 e. The summed E-state index contributed by atoms with van der Waals surface area (Å²) >= 11 is 1.26. The summed E-state index contributed by atoms with van der Waals surface area (Å²) in [5.74, 6) is -3.80. The Morgan fingerprint density at radius 3 is 2.35 bits per heavy atom. The summed E-state index contributed by atoms with van der Waals surface area (Å²) in [7, 11) is 0. The standard InChI is InChI=1S/C23H23F2N3O2S/c1-12(2)20(27-21(29)19-16(24)6-5-7-17(19)25)22(30)28-23-26-18(11-31-23)15-9-8-13(3)10-14(15)4/h5-12,20H,1-4H3,(H,27,29)(H,26,28,30). The van der Waals surface area contributed by atoms with E-state index in [-0.39, 0.29) is 5.92 Å². The van der Waals surface area contributed by atoms with Crippen molar-refractivity contribution in [2.45, 2.75) is 33.7 Å². The van der Waals surface area contributed by atoms with Gasteiger partial charge in [0.05, 0.1) is 5.69 Å². The molecule has 0 bridgehead atoms. The monoisotopic (exact) mass is 443 g/mol. The van der Waals surface area contributed by atoms with Crippen LogP contribution in [0.1, 0.15) is 35.3 Å². The second-order valence-corrected chi connectivity index (χ2v) is 8.50.